The lowest BCUT2D eigenvalue weighted by Gasteiger charge is -2.24. The molecule has 23 heavy (non-hydrogen) atoms. The Kier molecular flexibility index (Phi) is 4.21. The van der Waals surface area contributed by atoms with Crippen molar-refractivity contribution in [1.82, 2.24) is 14.9 Å². The maximum absolute atomic E-state index is 13.0. The van der Waals surface area contributed by atoms with E-state index in [-0.39, 0.29) is 17.4 Å². The molecule has 3 aromatic rings. The highest BCUT2D eigenvalue weighted by Gasteiger charge is 2.14. The SMILES string of the molecule is CC(c1ccc(F)cc1)N(C)Cc1nc2ccccc2c(=O)[nH]1. The number of hydrogen-bond donors (Lipinski definition) is 1. The lowest BCUT2D eigenvalue weighted by molar-refractivity contribution is 0.247. The van der Waals surface area contributed by atoms with Crippen LogP contribution in [-0.2, 0) is 6.54 Å². The molecule has 0 aliphatic rings. The third kappa shape index (κ3) is 3.29. The average Bonchev–Trinajstić information content (AvgIpc) is 2.55. The molecule has 0 fully saturated rings. The highest BCUT2D eigenvalue weighted by Crippen LogP contribution is 2.20. The standard InChI is InChI=1S/C18H18FN3O/c1-12(13-7-9-14(19)10-8-13)22(2)11-17-20-16-6-4-3-5-15(16)18(23)21-17/h3-10,12H,11H2,1-2H3,(H,20,21,23). The van der Waals surface area contributed by atoms with Gasteiger partial charge in [0.05, 0.1) is 17.4 Å². The Bertz CT molecular complexity index is 873. The van der Waals surface area contributed by atoms with Gasteiger partial charge in [-0.3, -0.25) is 9.69 Å². The van der Waals surface area contributed by atoms with Crippen molar-refractivity contribution in [3.05, 3.63) is 76.1 Å². The van der Waals surface area contributed by atoms with Crippen LogP contribution < -0.4 is 5.56 Å². The van der Waals surface area contributed by atoms with E-state index in [0.29, 0.717) is 23.3 Å². The van der Waals surface area contributed by atoms with Crippen LogP contribution in [0.5, 0.6) is 0 Å². The van der Waals surface area contributed by atoms with Gasteiger partial charge in [-0.15, -0.1) is 0 Å². The fourth-order valence-electron chi connectivity index (χ4n) is 2.58. The number of halogens is 1. The first-order valence-electron chi connectivity index (χ1n) is 7.48. The molecule has 3 rings (SSSR count). The number of para-hydroxylation sites is 1. The van der Waals surface area contributed by atoms with E-state index >= 15 is 0 Å². The first kappa shape index (κ1) is 15.4. The van der Waals surface area contributed by atoms with Crippen molar-refractivity contribution >= 4 is 10.9 Å². The van der Waals surface area contributed by atoms with Gasteiger partial charge >= 0.3 is 0 Å². The number of aromatic nitrogens is 2. The predicted molar refractivity (Wildman–Crippen MR) is 88.6 cm³/mol. The molecule has 1 aromatic heterocycles. The first-order valence-corrected chi connectivity index (χ1v) is 7.48. The van der Waals surface area contributed by atoms with Crippen LogP contribution in [0, 0.1) is 5.82 Å². The Morgan fingerprint density at radius 2 is 1.87 bits per heavy atom. The zero-order valence-corrected chi connectivity index (χ0v) is 13.1. The number of aromatic amines is 1. The summed E-state index contributed by atoms with van der Waals surface area (Å²) >= 11 is 0. The van der Waals surface area contributed by atoms with Crippen molar-refractivity contribution < 1.29 is 4.39 Å². The summed E-state index contributed by atoms with van der Waals surface area (Å²) in [4.78, 5) is 21.5. The van der Waals surface area contributed by atoms with E-state index in [1.54, 1.807) is 18.2 Å². The zero-order chi connectivity index (χ0) is 16.4. The fourth-order valence-corrected chi connectivity index (χ4v) is 2.58. The highest BCUT2D eigenvalue weighted by molar-refractivity contribution is 5.77. The molecule has 1 atom stereocenters. The summed E-state index contributed by atoms with van der Waals surface area (Å²) < 4.78 is 13.0. The number of H-pyrrole nitrogens is 1. The minimum absolute atomic E-state index is 0.0763. The van der Waals surface area contributed by atoms with E-state index in [1.807, 2.05) is 32.2 Å². The monoisotopic (exact) mass is 311 g/mol. The summed E-state index contributed by atoms with van der Waals surface area (Å²) in [5.41, 5.74) is 1.57. The molecule has 0 amide bonds. The number of rotatable bonds is 4. The number of nitrogens with zero attached hydrogens (tertiary/aromatic N) is 2. The third-order valence-corrected chi connectivity index (χ3v) is 4.07. The summed E-state index contributed by atoms with van der Waals surface area (Å²) in [5, 5.41) is 0.588. The topological polar surface area (TPSA) is 49.0 Å². The third-order valence-electron chi connectivity index (χ3n) is 4.07. The smallest absolute Gasteiger partial charge is 0.258 e. The zero-order valence-electron chi connectivity index (χ0n) is 13.1. The van der Waals surface area contributed by atoms with E-state index in [4.69, 9.17) is 0 Å². The maximum atomic E-state index is 13.0. The molecule has 1 N–H and O–H groups in total. The lowest BCUT2D eigenvalue weighted by atomic mass is 10.1. The summed E-state index contributed by atoms with van der Waals surface area (Å²) in [5.74, 6) is 0.370. The second kappa shape index (κ2) is 6.30. The molecule has 0 aliphatic carbocycles. The molecule has 0 bridgehead atoms. The molecule has 0 radical (unpaired) electrons. The molecular weight excluding hydrogens is 293 g/mol. The minimum Gasteiger partial charge on any atom is -0.309 e. The molecule has 0 saturated heterocycles. The summed E-state index contributed by atoms with van der Waals surface area (Å²) in [6.45, 7) is 2.53. The van der Waals surface area contributed by atoms with Crippen molar-refractivity contribution in [2.75, 3.05) is 7.05 Å². The Hall–Kier alpha value is -2.53. The Balaban J connectivity index is 1.83. The van der Waals surface area contributed by atoms with Crippen molar-refractivity contribution in [2.45, 2.75) is 19.5 Å². The molecule has 0 spiro atoms. The maximum Gasteiger partial charge on any atom is 0.258 e. The quantitative estimate of drug-likeness (QED) is 0.804. The Morgan fingerprint density at radius 1 is 1.17 bits per heavy atom. The largest absolute Gasteiger partial charge is 0.309 e. The van der Waals surface area contributed by atoms with Crippen molar-refractivity contribution in [2.24, 2.45) is 0 Å². The van der Waals surface area contributed by atoms with Crippen LogP contribution in [0.25, 0.3) is 10.9 Å². The van der Waals surface area contributed by atoms with E-state index in [9.17, 15) is 9.18 Å². The van der Waals surface area contributed by atoms with Gasteiger partial charge in [-0.05, 0) is 43.8 Å². The minimum atomic E-state index is -0.246. The number of fused-ring (bicyclic) bond motifs is 1. The van der Waals surface area contributed by atoms with Crippen LogP contribution >= 0.6 is 0 Å². The van der Waals surface area contributed by atoms with Gasteiger partial charge < -0.3 is 4.98 Å². The normalized spacial score (nSPS) is 12.7. The molecule has 0 aliphatic heterocycles. The summed E-state index contributed by atoms with van der Waals surface area (Å²) in [6, 6.07) is 13.8. The van der Waals surface area contributed by atoms with Crippen LogP contribution in [0.3, 0.4) is 0 Å². The van der Waals surface area contributed by atoms with Crippen LogP contribution in [-0.4, -0.2) is 21.9 Å². The second-order valence-corrected chi connectivity index (χ2v) is 5.67. The molecule has 5 heteroatoms. The molecule has 2 aromatic carbocycles. The Labute approximate surface area is 133 Å². The van der Waals surface area contributed by atoms with Gasteiger partial charge in [-0.25, -0.2) is 9.37 Å². The van der Waals surface area contributed by atoms with Gasteiger partial charge in [0.2, 0.25) is 0 Å². The Morgan fingerprint density at radius 3 is 2.61 bits per heavy atom. The van der Waals surface area contributed by atoms with Crippen molar-refractivity contribution in [1.29, 1.82) is 0 Å². The van der Waals surface area contributed by atoms with Crippen molar-refractivity contribution in [3.8, 4) is 0 Å². The molecule has 1 unspecified atom stereocenters. The number of hydrogen-bond acceptors (Lipinski definition) is 3. The van der Waals surface area contributed by atoms with Crippen LogP contribution in [0.1, 0.15) is 24.4 Å². The van der Waals surface area contributed by atoms with E-state index in [2.05, 4.69) is 14.9 Å². The highest BCUT2D eigenvalue weighted by atomic mass is 19.1. The van der Waals surface area contributed by atoms with Gasteiger partial charge in [0.15, 0.2) is 0 Å². The van der Waals surface area contributed by atoms with Crippen LogP contribution in [0.15, 0.2) is 53.3 Å². The van der Waals surface area contributed by atoms with E-state index in [1.165, 1.54) is 12.1 Å². The summed E-state index contributed by atoms with van der Waals surface area (Å²) in [7, 11) is 1.95. The van der Waals surface area contributed by atoms with Gasteiger partial charge in [0, 0.05) is 6.04 Å². The van der Waals surface area contributed by atoms with Gasteiger partial charge in [-0.1, -0.05) is 24.3 Å². The molecular formula is C18H18FN3O. The molecule has 118 valence electrons. The number of benzene rings is 2. The number of nitrogens with one attached hydrogen (secondary N) is 1. The van der Waals surface area contributed by atoms with E-state index < -0.39 is 0 Å². The van der Waals surface area contributed by atoms with Gasteiger partial charge in [-0.2, -0.15) is 0 Å². The van der Waals surface area contributed by atoms with Crippen molar-refractivity contribution in [3.63, 3.8) is 0 Å². The predicted octanol–water partition coefficient (Wildman–Crippen LogP) is 3.26. The van der Waals surface area contributed by atoms with Gasteiger partial charge in [0.25, 0.3) is 5.56 Å². The van der Waals surface area contributed by atoms with Crippen LogP contribution in [0.2, 0.25) is 0 Å². The lowest BCUT2D eigenvalue weighted by Crippen LogP contribution is -2.25. The molecule has 0 saturated carbocycles. The van der Waals surface area contributed by atoms with Gasteiger partial charge in [0.1, 0.15) is 11.6 Å². The van der Waals surface area contributed by atoms with E-state index in [0.717, 1.165) is 5.56 Å². The summed E-state index contributed by atoms with van der Waals surface area (Å²) in [6.07, 6.45) is 0. The molecule has 4 nitrogen and oxygen atoms in total. The van der Waals surface area contributed by atoms with Crippen LogP contribution in [0.4, 0.5) is 4.39 Å². The molecule has 1 heterocycles. The fraction of sp³-hybridized carbons (Fsp3) is 0.222. The second-order valence-electron chi connectivity index (χ2n) is 5.67. The first-order chi connectivity index (χ1) is 11.0. The average molecular weight is 311 g/mol.